The zero-order valence-electron chi connectivity index (χ0n) is 29.3. The molecule has 0 bridgehead atoms. The molecule has 0 saturated carbocycles. The molecule has 16 nitrogen and oxygen atoms in total. The van der Waals surface area contributed by atoms with Crippen LogP contribution in [0.5, 0.6) is 23.0 Å². The number of ether oxygens (including phenoxy) is 5. The van der Waals surface area contributed by atoms with Crippen LogP contribution in [0.4, 0.5) is 0 Å². The smallest absolute Gasteiger partial charge is 0.229 e. The zero-order valence-corrected chi connectivity index (χ0v) is 29.3. The van der Waals surface area contributed by atoms with Gasteiger partial charge in [-0.1, -0.05) is 23.3 Å². The van der Waals surface area contributed by atoms with Gasteiger partial charge in [0.15, 0.2) is 29.0 Å². The second-order valence-corrected chi connectivity index (χ2v) is 13.4. The topological polar surface area (TPSA) is 258 Å². The van der Waals surface area contributed by atoms with Crippen LogP contribution in [-0.4, -0.2) is 128 Å². The van der Waals surface area contributed by atoms with Gasteiger partial charge in [-0.3, -0.25) is 4.79 Å². The Balaban J connectivity index is 1.62. The summed E-state index contributed by atoms with van der Waals surface area (Å²) < 4.78 is 34.4. The first-order valence-electron chi connectivity index (χ1n) is 16.7. The van der Waals surface area contributed by atoms with Gasteiger partial charge in [-0.25, -0.2) is 0 Å². The van der Waals surface area contributed by atoms with Crippen LogP contribution >= 0.6 is 0 Å². The quantitative estimate of drug-likeness (QED) is 0.0953. The average Bonchev–Trinajstić information content (AvgIpc) is 3.10. The summed E-state index contributed by atoms with van der Waals surface area (Å²) in [6.07, 6.45) is -13.2. The maximum absolute atomic E-state index is 14.4. The third-order valence-corrected chi connectivity index (χ3v) is 9.15. The van der Waals surface area contributed by atoms with Crippen molar-refractivity contribution in [3.8, 4) is 23.0 Å². The number of aliphatic hydroxyl groups excluding tert-OH is 7. The molecule has 10 atom stereocenters. The Hall–Kier alpha value is -3.81. The van der Waals surface area contributed by atoms with Gasteiger partial charge in [0.05, 0.1) is 25.7 Å². The molecule has 0 aliphatic carbocycles. The Morgan fingerprint density at radius 1 is 0.750 bits per heavy atom. The van der Waals surface area contributed by atoms with E-state index in [9.17, 15) is 50.8 Å². The second-order valence-electron chi connectivity index (χ2n) is 13.4. The van der Waals surface area contributed by atoms with Crippen LogP contribution < -0.4 is 14.9 Å². The molecule has 1 aromatic heterocycles. The molecule has 0 amide bonds. The van der Waals surface area contributed by atoms with Crippen LogP contribution in [0.2, 0.25) is 0 Å². The van der Waals surface area contributed by atoms with E-state index in [2.05, 4.69) is 0 Å². The van der Waals surface area contributed by atoms with E-state index in [1.807, 2.05) is 33.8 Å². The lowest BCUT2D eigenvalue weighted by atomic mass is 9.96. The van der Waals surface area contributed by atoms with Crippen LogP contribution in [-0.2, 0) is 27.1 Å². The van der Waals surface area contributed by atoms with Crippen molar-refractivity contribution in [1.82, 2.24) is 0 Å². The Morgan fingerprint density at radius 2 is 1.37 bits per heavy atom. The molecule has 2 fully saturated rings. The summed E-state index contributed by atoms with van der Waals surface area (Å²) in [6.45, 7) is 5.83. The van der Waals surface area contributed by atoms with E-state index in [-0.39, 0.29) is 57.6 Å². The van der Waals surface area contributed by atoms with Crippen molar-refractivity contribution in [2.75, 3.05) is 20.3 Å². The lowest BCUT2D eigenvalue weighted by Crippen LogP contribution is -2.65. The van der Waals surface area contributed by atoms with Crippen LogP contribution in [0, 0.1) is 0 Å². The highest BCUT2D eigenvalue weighted by Crippen LogP contribution is 2.42. The molecule has 2 saturated heterocycles. The molecule has 2 aliphatic rings. The van der Waals surface area contributed by atoms with Gasteiger partial charge in [0.25, 0.3) is 0 Å². The molecular weight excluding hydrogens is 688 g/mol. The maximum Gasteiger partial charge on any atom is 0.229 e. The van der Waals surface area contributed by atoms with Gasteiger partial charge in [-0.2, -0.15) is 0 Å². The van der Waals surface area contributed by atoms with Crippen LogP contribution in [0.15, 0.2) is 44.6 Å². The van der Waals surface area contributed by atoms with E-state index in [0.29, 0.717) is 5.56 Å². The van der Waals surface area contributed by atoms with Gasteiger partial charge in [-0.05, 0) is 46.6 Å². The highest BCUT2D eigenvalue weighted by atomic mass is 16.7. The van der Waals surface area contributed by atoms with E-state index >= 15 is 0 Å². The van der Waals surface area contributed by atoms with Gasteiger partial charge in [0.1, 0.15) is 65.7 Å². The summed E-state index contributed by atoms with van der Waals surface area (Å²) in [6, 6.07) is 2.67. The van der Waals surface area contributed by atoms with E-state index in [1.54, 1.807) is 12.1 Å². The van der Waals surface area contributed by atoms with E-state index in [1.165, 1.54) is 7.11 Å². The molecule has 2 aliphatic heterocycles. The van der Waals surface area contributed by atoms with Gasteiger partial charge in [0, 0.05) is 17.2 Å². The number of allylic oxidation sites excluding steroid dienone is 4. The van der Waals surface area contributed by atoms with Gasteiger partial charge >= 0.3 is 0 Å². The molecule has 9 N–H and O–H groups in total. The molecule has 0 radical (unpaired) electrons. The minimum absolute atomic E-state index is 0.0275. The number of phenols is 2. The standard InChI is InChI=1S/C36H46O16/c1-14(2)6-8-16-10-20(47-5)33-24(25(16)40)28(43)23-17(9-7-15(3)4)19(11-18(39)32(23)51-33)48-36-31(46)34(27(42)22(13-38)50-36)52-35-30(45)29(44)26(41)21(12-37)49-35/h6-7,10-11,21-22,26-27,29-31,34-42,44-46H,8-9,12-13H2,1-5H3. The first-order chi connectivity index (χ1) is 24.6. The van der Waals surface area contributed by atoms with Crippen molar-refractivity contribution >= 4 is 21.9 Å². The lowest BCUT2D eigenvalue weighted by Gasteiger charge is -2.45. The Morgan fingerprint density at radius 3 is 1.98 bits per heavy atom. The second kappa shape index (κ2) is 16.1. The van der Waals surface area contributed by atoms with Crippen molar-refractivity contribution in [2.45, 2.75) is 102 Å². The summed E-state index contributed by atoms with van der Waals surface area (Å²) in [7, 11) is 1.37. The molecular formula is C36H46O16. The number of rotatable bonds is 11. The summed E-state index contributed by atoms with van der Waals surface area (Å²) in [5, 5.41) is 95.1. The Bertz CT molecular complexity index is 1870. The van der Waals surface area contributed by atoms with Crippen molar-refractivity contribution in [3.63, 3.8) is 0 Å². The van der Waals surface area contributed by atoms with Crippen molar-refractivity contribution in [1.29, 1.82) is 0 Å². The first-order valence-corrected chi connectivity index (χ1v) is 16.7. The SMILES string of the molecule is COc1cc(CC=C(C)C)c(O)c2c(=O)c3c(CC=C(C)C)c(OC4OC(CO)C(O)C(OC5OC(CO)C(O)C(O)C5O)C4O)cc(O)c3oc12. The van der Waals surface area contributed by atoms with Crippen molar-refractivity contribution in [2.24, 2.45) is 0 Å². The number of hydrogen-bond acceptors (Lipinski definition) is 16. The number of aliphatic hydroxyl groups is 7. The van der Waals surface area contributed by atoms with Crippen LogP contribution in [0.1, 0.15) is 38.8 Å². The van der Waals surface area contributed by atoms with Crippen molar-refractivity contribution in [3.05, 3.63) is 56.8 Å². The number of phenolic OH excluding ortho intramolecular Hbond substituents is 2. The molecule has 3 heterocycles. The molecule has 52 heavy (non-hydrogen) atoms. The lowest BCUT2D eigenvalue weighted by molar-refractivity contribution is -0.352. The van der Waals surface area contributed by atoms with Crippen LogP contribution in [0.25, 0.3) is 21.9 Å². The molecule has 5 rings (SSSR count). The van der Waals surface area contributed by atoms with Gasteiger partial charge in [-0.15, -0.1) is 0 Å². The monoisotopic (exact) mass is 734 g/mol. The number of fused-ring (bicyclic) bond motifs is 2. The fraction of sp³-hybridized carbons (Fsp3) is 0.528. The van der Waals surface area contributed by atoms with Crippen LogP contribution in [0.3, 0.4) is 0 Å². The largest absolute Gasteiger partial charge is 0.507 e. The van der Waals surface area contributed by atoms with E-state index in [4.69, 9.17) is 28.1 Å². The number of benzene rings is 2. The highest BCUT2D eigenvalue weighted by Gasteiger charge is 2.51. The summed E-state index contributed by atoms with van der Waals surface area (Å²) >= 11 is 0. The fourth-order valence-corrected chi connectivity index (χ4v) is 6.24. The zero-order chi connectivity index (χ0) is 38.2. The van der Waals surface area contributed by atoms with Crippen molar-refractivity contribution < 1.29 is 74.1 Å². The summed E-state index contributed by atoms with van der Waals surface area (Å²) in [4.78, 5) is 14.4. The maximum atomic E-state index is 14.4. The number of aromatic hydroxyl groups is 2. The fourth-order valence-electron chi connectivity index (χ4n) is 6.24. The normalized spacial score (nSPS) is 29.2. The molecule has 2 aromatic carbocycles. The molecule has 0 spiro atoms. The first kappa shape index (κ1) is 39.4. The van der Waals surface area contributed by atoms with Gasteiger partial charge in [0.2, 0.25) is 11.7 Å². The summed E-state index contributed by atoms with van der Waals surface area (Å²) in [5.41, 5.74) is 1.30. The minimum atomic E-state index is -1.90. The Labute approximate surface area is 297 Å². The molecule has 286 valence electrons. The third kappa shape index (κ3) is 7.49. The molecule has 10 unspecified atom stereocenters. The summed E-state index contributed by atoms with van der Waals surface area (Å²) in [5.74, 6) is -0.933. The number of methoxy groups -OCH3 is 1. The van der Waals surface area contributed by atoms with Gasteiger partial charge < -0.3 is 74.1 Å². The highest BCUT2D eigenvalue weighted by molar-refractivity contribution is 6.00. The third-order valence-electron chi connectivity index (χ3n) is 9.15. The average molecular weight is 735 g/mol. The minimum Gasteiger partial charge on any atom is -0.507 e. The molecule has 3 aromatic rings. The number of hydrogen-bond donors (Lipinski definition) is 9. The predicted octanol–water partition coefficient (Wildman–Crippen LogP) is 0.386. The molecule has 16 heteroatoms. The predicted molar refractivity (Wildman–Crippen MR) is 183 cm³/mol. The Kier molecular flexibility index (Phi) is 12.2. The van der Waals surface area contributed by atoms with E-state index < -0.39 is 85.8 Å². The van der Waals surface area contributed by atoms with E-state index in [0.717, 1.165) is 17.2 Å².